The predicted octanol–water partition coefficient (Wildman–Crippen LogP) is 3.62. The highest BCUT2D eigenvalue weighted by atomic mass is 35.5. The van der Waals surface area contributed by atoms with Crippen molar-refractivity contribution in [2.75, 3.05) is 6.54 Å². The lowest BCUT2D eigenvalue weighted by Crippen LogP contribution is -2.48. The molecule has 2 fully saturated rings. The van der Waals surface area contributed by atoms with E-state index in [1.54, 1.807) is 0 Å². The first-order valence-corrected chi connectivity index (χ1v) is 8.70. The van der Waals surface area contributed by atoms with Crippen LogP contribution >= 0.6 is 11.6 Å². The van der Waals surface area contributed by atoms with E-state index >= 15 is 0 Å². The van der Waals surface area contributed by atoms with Gasteiger partial charge < -0.3 is 10.0 Å². The Morgan fingerprint density at radius 1 is 1.26 bits per heavy atom. The van der Waals surface area contributed by atoms with E-state index in [0.717, 1.165) is 44.1 Å². The number of amides is 1. The lowest BCUT2D eigenvalue weighted by Gasteiger charge is -2.35. The summed E-state index contributed by atoms with van der Waals surface area (Å²) in [6.07, 6.45) is 5.40. The second-order valence-corrected chi connectivity index (χ2v) is 7.13. The molecule has 23 heavy (non-hydrogen) atoms. The Bertz CT molecular complexity index is 610. The third kappa shape index (κ3) is 3.09. The highest BCUT2D eigenvalue weighted by molar-refractivity contribution is 6.30. The molecule has 1 amide bonds. The van der Waals surface area contributed by atoms with Gasteiger partial charge in [-0.2, -0.15) is 0 Å². The Hall–Kier alpha value is -1.55. The molecule has 5 heteroatoms. The smallest absolute Gasteiger partial charge is 0.305 e. The normalized spacial score (nSPS) is 23.2. The largest absolute Gasteiger partial charge is 0.481 e. The summed E-state index contributed by atoms with van der Waals surface area (Å²) in [4.78, 5) is 26.3. The number of aliphatic carboxylic acids is 1. The van der Waals surface area contributed by atoms with E-state index in [4.69, 9.17) is 16.7 Å². The summed E-state index contributed by atoms with van der Waals surface area (Å²) in [5.74, 6) is -0.737. The summed E-state index contributed by atoms with van der Waals surface area (Å²) in [6, 6.07) is 7.42. The maximum Gasteiger partial charge on any atom is 0.305 e. The third-order valence-corrected chi connectivity index (χ3v) is 5.53. The lowest BCUT2D eigenvalue weighted by atomic mass is 9.77. The molecular weight excluding hydrogens is 314 g/mol. The SMILES string of the molecule is O=C(O)CC1CCCN1C(=O)C1(c2cccc(Cl)c2)CCCC1. The molecular formula is C18H22ClNO3. The summed E-state index contributed by atoms with van der Waals surface area (Å²) in [5, 5.41) is 9.74. The molecule has 1 saturated carbocycles. The van der Waals surface area contributed by atoms with Crippen LogP contribution in [0.3, 0.4) is 0 Å². The van der Waals surface area contributed by atoms with E-state index in [9.17, 15) is 9.59 Å². The van der Waals surface area contributed by atoms with Crippen LogP contribution in [-0.2, 0) is 15.0 Å². The van der Waals surface area contributed by atoms with E-state index in [0.29, 0.717) is 11.6 Å². The van der Waals surface area contributed by atoms with Gasteiger partial charge >= 0.3 is 5.97 Å². The molecule has 1 unspecified atom stereocenters. The predicted molar refractivity (Wildman–Crippen MR) is 88.6 cm³/mol. The van der Waals surface area contributed by atoms with E-state index < -0.39 is 11.4 Å². The van der Waals surface area contributed by atoms with Gasteiger partial charge in [-0.1, -0.05) is 36.6 Å². The van der Waals surface area contributed by atoms with Gasteiger partial charge in [-0.05, 0) is 43.4 Å². The maximum atomic E-state index is 13.4. The summed E-state index contributed by atoms with van der Waals surface area (Å²) in [6.45, 7) is 0.666. The number of carboxylic acid groups (broad SMARTS) is 1. The number of halogens is 1. The molecule has 0 aromatic heterocycles. The minimum Gasteiger partial charge on any atom is -0.481 e. The molecule has 1 N–H and O–H groups in total. The molecule has 1 aromatic carbocycles. The zero-order valence-electron chi connectivity index (χ0n) is 13.1. The van der Waals surface area contributed by atoms with Crippen molar-refractivity contribution in [3.05, 3.63) is 34.9 Å². The van der Waals surface area contributed by atoms with Crippen molar-refractivity contribution in [2.24, 2.45) is 0 Å². The van der Waals surface area contributed by atoms with Crippen LogP contribution in [0, 0.1) is 0 Å². The van der Waals surface area contributed by atoms with Crippen molar-refractivity contribution in [2.45, 2.75) is 56.4 Å². The van der Waals surface area contributed by atoms with Gasteiger partial charge in [-0.3, -0.25) is 9.59 Å². The van der Waals surface area contributed by atoms with Crippen molar-refractivity contribution in [1.82, 2.24) is 4.90 Å². The number of carboxylic acids is 1. The number of hydrogen-bond donors (Lipinski definition) is 1. The Labute approximate surface area is 141 Å². The fraction of sp³-hybridized carbons (Fsp3) is 0.556. The van der Waals surface area contributed by atoms with E-state index in [-0.39, 0.29) is 18.4 Å². The van der Waals surface area contributed by atoms with Crippen LogP contribution in [0.15, 0.2) is 24.3 Å². The zero-order chi connectivity index (χ0) is 16.4. The number of hydrogen-bond acceptors (Lipinski definition) is 2. The maximum absolute atomic E-state index is 13.4. The quantitative estimate of drug-likeness (QED) is 0.914. The van der Waals surface area contributed by atoms with Crippen molar-refractivity contribution >= 4 is 23.5 Å². The summed E-state index contributed by atoms with van der Waals surface area (Å²) in [5.41, 5.74) is 0.458. The molecule has 0 bridgehead atoms. The minimum absolute atomic E-state index is 0.0391. The number of benzene rings is 1. The van der Waals surface area contributed by atoms with Gasteiger partial charge in [-0.15, -0.1) is 0 Å². The molecule has 0 radical (unpaired) electrons. The van der Waals surface area contributed by atoms with Crippen LogP contribution in [0.1, 0.15) is 50.5 Å². The van der Waals surface area contributed by atoms with E-state index in [1.807, 2.05) is 29.2 Å². The van der Waals surface area contributed by atoms with Crippen LogP contribution in [0.5, 0.6) is 0 Å². The molecule has 1 aliphatic carbocycles. The molecule has 2 aliphatic rings. The summed E-state index contributed by atoms with van der Waals surface area (Å²) >= 11 is 6.14. The Morgan fingerprint density at radius 2 is 2.00 bits per heavy atom. The Morgan fingerprint density at radius 3 is 2.65 bits per heavy atom. The number of carbonyl (C=O) groups is 2. The number of carbonyl (C=O) groups excluding carboxylic acids is 1. The molecule has 0 spiro atoms. The molecule has 3 rings (SSSR count). The first kappa shape index (κ1) is 16.3. The second-order valence-electron chi connectivity index (χ2n) is 6.69. The molecule has 1 heterocycles. The Balaban J connectivity index is 1.92. The summed E-state index contributed by atoms with van der Waals surface area (Å²) < 4.78 is 0. The zero-order valence-corrected chi connectivity index (χ0v) is 13.9. The molecule has 1 saturated heterocycles. The molecule has 1 atom stereocenters. The monoisotopic (exact) mass is 335 g/mol. The molecule has 1 aromatic rings. The van der Waals surface area contributed by atoms with Gasteiger partial charge in [0.15, 0.2) is 0 Å². The van der Waals surface area contributed by atoms with Gasteiger partial charge in [0, 0.05) is 17.6 Å². The lowest BCUT2D eigenvalue weighted by molar-refractivity contribution is -0.142. The van der Waals surface area contributed by atoms with Crippen LogP contribution in [-0.4, -0.2) is 34.5 Å². The average molecular weight is 336 g/mol. The van der Waals surface area contributed by atoms with Crippen LogP contribution in [0.4, 0.5) is 0 Å². The number of rotatable bonds is 4. The Kier molecular flexibility index (Phi) is 4.62. The van der Waals surface area contributed by atoms with Crippen LogP contribution in [0.25, 0.3) is 0 Å². The second kappa shape index (κ2) is 6.52. The third-order valence-electron chi connectivity index (χ3n) is 5.29. The van der Waals surface area contributed by atoms with Crippen molar-refractivity contribution in [3.63, 3.8) is 0 Å². The van der Waals surface area contributed by atoms with Crippen molar-refractivity contribution in [3.8, 4) is 0 Å². The first-order valence-electron chi connectivity index (χ1n) is 8.32. The fourth-order valence-electron chi connectivity index (χ4n) is 4.18. The van der Waals surface area contributed by atoms with Crippen molar-refractivity contribution in [1.29, 1.82) is 0 Å². The van der Waals surface area contributed by atoms with Gasteiger partial charge in [0.05, 0.1) is 11.8 Å². The van der Waals surface area contributed by atoms with Gasteiger partial charge in [0.25, 0.3) is 0 Å². The number of nitrogens with zero attached hydrogens (tertiary/aromatic N) is 1. The fourth-order valence-corrected chi connectivity index (χ4v) is 4.37. The standard InChI is InChI=1S/C18H22ClNO3/c19-14-6-3-5-13(11-14)18(8-1-2-9-18)17(23)20-10-4-7-15(20)12-16(21)22/h3,5-6,11,15H,1-2,4,7-10,12H2,(H,21,22). The van der Waals surface area contributed by atoms with Gasteiger partial charge in [0.2, 0.25) is 5.91 Å². The topological polar surface area (TPSA) is 57.6 Å². The highest BCUT2D eigenvalue weighted by Crippen LogP contribution is 2.44. The molecule has 1 aliphatic heterocycles. The molecule has 124 valence electrons. The first-order chi connectivity index (χ1) is 11.0. The average Bonchev–Trinajstić information content (AvgIpc) is 3.15. The van der Waals surface area contributed by atoms with Gasteiger partial charge in [0.1, 0.15) is 0 Å². The van der Waals surface area contributed by atoms with Crippen molar-refractivity contribution < 1.29 is 14.7 Å². The van der Waals surface area contributed by atoms with E-state index in [1.165, 1.54) is 0 Å². The minimum atomic E-state index is -0.835. The molecule has 4 nitrogen and oxygen atoms in total. The van der Waals surface area contributed by atoms with Crippen LogP contribution in [0.2, 0.25) is 5.02 Å². The summed E-state index contributed by atoms with van der Waals surface area (Å²) in [7, 11) is 0. The number of likely N-dealkylation sites (tertiary alicyclic amines) is 1. The highest BCUT2D eigenvalue weighted by Gasteiger charge is 2.47. The van der Waals surface area contributed by atoms with Crippen LogP contribution < -0.4 is 0 Å². The van der Waals surface area contributed by atoms with Gasteiger partial charge in [-0.25, -0.2) is 0 Å². The van der Waals surface area contributed by atoms with E-state index in [2.05, 4.69) is 0 Å².